The fraction of sp³-hybridized carbons (Fsp3) is 0.400. The average Bonchev–Trinajstić information content (AvgIpc) is 3.38. The molecule has 0 bridgehead atoms. The SMILES string of the molecule is CCOC(=O)c1c(C2CC2)csc1NC(=O)C[NH+](C)Cc1ccc(F)cc1. The van der Waals surface area contributed by atoms with E-state index in [1.807, 2.05) is 12.4 Å². The van der Waals surface area contributed by atoms with Gasteiger partial charge in [-0.3, -0.25) is 4.79 Å². The van der Waals surface area contributed by atoms with E-state index in [2.05, 4.69) is 5.32 Å². The lowest BCUT2D eigenvalue weighted by atomic mass is 10.1. The van der Waals surface area contributed by atoms with Gasteiger partial charge in [-0.05, 0) is 48.8 Å². The highest BCUT2D eigenvalue weighted by molar-refractivity contribution is 7.15. The summed E-state index contributed by atoms with van der Waals surface area (Å²) in [6.45, 7) is 2.93. The maximum Gasteiger partial charge on any atom is 0.341 e. The Morgan fingerprint density at radius 3 is 2.63 bits per heavy atom. The number of carbonyl (C=O) groups is 2. The highest BCUT2D eigenvalue weighted by atomic mass is 32.1. The molecule has 1 aromatic heterocycles. The maximum absolute atomic E-state index is 13.0. The molecule has 1 aromatic carbocycles. The fourth-order valence-corrected chi connectivity index (χ4v) is 4.08. The second kappa shape index (κ2) is 8.63. The van der Waals surface area contributed by atoms with Gasteiger partial charge in [0.1, 0.15) is 17.4 Å². The number of amides is 1. The first-order valence-electron chi connectivity index (χ1n) is 9.12. The molecule has 3 rings (SSSR count). The Hall–Kier alpha value is -2.25. The van der Waals surface area contributed by atoms with Crippen molar-refractivity contribution in [3.8, 4) is 0 Å². The number of likely N-dealkylation sites (N-methyl/N-ethyl adjacent to an activating group) is 1. The molecule has 1 atom stereocenters. The van der Waals surface area contributed by atoms with Crippen molar-refractivity contribution in [3.63, 3.8) is 0 Å². The molecule has 1 unspecified atom stereocenters. The predicted molar refractivity (Wildman–Crippen MR) is 103 cm³/mol. The van der Waals surface area contributed by atoms with E-state index in [1.54, 1.807) is 19.1 Å². The van der Waals surface area contributed by atoms with Crippen LogP contribution >= 0.6 is 11.3 Å². The number of anilines is 1. The second-order valence-corrected chi connectivity index (χ2v) is 7.75. The number of hydrogen-bond acceptors (Lipinski definition) is 4. The van der Waals surface area contributed by atoms with Gasteiger partial charge >= 0.3 is 5.97 Å². The molecule has 0 saturated heterocycles. The molecule has 5 nitrogen and oxygen atoms in total. The number of thiophene rings is 1. The minimum Gasteiger partial charge on any atom is -0.462 e. The molecule has 2 aromatic rings. The van der Waals surface area contributed by atoms with Gasteiger partial charge in [-0.15, -0.1) is 11.3 Å². The fourth-order valence-electron chi connectivity index (χ4n) is 3.03. The predicted octanol–water partition coefficient (Wildman–Crippen LogP) is 2.59. The van der Waals surface area contributed by atoms with E-state index in [1.165, 1.54) is 23.5 Å². The first-order valence-corrected chi connectivity index (χ1v) is 10.00. The summed E-state index contributed by atoms with van der Waals surface area (Å²) in [5.74, 6) is -0.407. The number of halogens is 1. The standard InChI is InChI=1S/C20H23FN2O3S/c1-3-26-20(25)18-16(14-6-7-14)12-27-19(18)22-17(24)11-23(2)10-13-4-8-15(21)9-5-13/h4-5,8-9,12,14H,3,6-7,10-11H2,1-2H3,(H,22,24)/p+1. The van der Waals surface area contributed by atoms with Crippen LogP contribution in [0.3, 0.4) is 0 Å². The smallest absolute Gasteiger partial charge is 0.341 e. The molecule has 144 valence electrons. The van der Waals surface area contributed by atoms with Crippen LogP contribution in [-0.4, -0.2) is 32.1 Å². The number of hydrogen-bond donors (Lipinski definition) is 2. The van der Waals surface area contributed by atoms with E-state index in [9.17, 15) is 14.0 Å². The minimum absolute atomic E-state index is 0.163. The number of benzene rings is 1. The lowest BCUT2D eigenvalue weighted by Crippen LogP contribution is -3.08. The van der Waals surface area contributed by atoms with Gasteiger partial charge in [0.05, 0.1) is 19.2 Å². The van der Waals surface area contributed by atoms with E-state index < -0.39 is 0 Å². The van der Waals surface area contributed by atoms with Crippen molar-refractivity contribution < 1.29 is 23.6 Å². The largest absolute Gasteiger partial charge is 0.462 e. The molecule has 1 amide bonds. The highest BCUT2D eigenvalue weighted by Gasteiger charge is 2.32. The Balaban J connectivity index is 1.63. The van der Waals surface area contributed by atoms with Gasteiger partial charge in [0.2, 0.25) is 0 Å². The van der Waals surface area contributed by atoms with Crippen LogP contribution < -0.4 is 10.2 Å². The van der Waals surface area contributed by atoms with E-state index in [-0.39, 0.29) is 24.2 Å². The van der Waals surface area contributed by atoms with Gasteiger partial charge in [0, 0.05) is 5.56 Å². The molecule has 1 fully saturated rings. The summed E-state index contributed by atoms with van der Waals surface area (Å²) in [5, 5.41) is 5.39. The monoisotopic (exact) mass is 391 g/mol. The summed E-state index contributed by atoms with van der Waals surface area (Å²) in [6.07, 6.45) is 2.14. The Kier molecular flexibility index (Phi) is 6.23. The Morgan fingerprint density at radius 1 is 1.30 bits per heavy atom. The van der Waals surface area contributed by atoms with Crippen LogP contribution in [0.25, 0.3) is 0 Å². The zero-order valence-electron chi connectivity index (χ0n) is 15.5. The van der Waals surface area contributed by atoms with Crippen molar-refractivity contribution >= 4 is 28.2 Å². The molecular formula is C20H24FN2O3S+. The zero-order chi connectivity index (χ0) is 19.4. The topological polar surface area (TPSA) is 59.8 Å². The van der Waals surface area contributed by atoms with E-state index >= 15 is 0 Å². The number of esters is 1. The van der Waals surface area contributed by atoms with Crippen molar-refractivity contribution in [1.82, 2.24) is 0 Å². The molecule has 0 aliphatic heterocycles. The molecule has 1 heterocycles. The summed E-state index contributed by atoms with van der Waals surface area (Å²) >= 11 is 1.38. The van der Waals surface area contributed by atoms with Crippen LogP contribution in [0.15, 0.2) is 29.6 Å². The van der Waals surface area contributed by atoms with Crippen molar-refractivity contribution in [3.05, 3.63) is 52.2 Å². The molecule has 1 aliphatic carbocycles. The van der Waals surface area contributed by atoms with Crippen LogP contribution in [0, 0.1) is 5.82 Å². The first-order chi connectivity index (χ1) is 13.0. The van der Waals surface area contributed by atoms with Crippen LogP contribution in [0.4, 0.5) is 9.39 Å². The van der Waals surface area contributed by atoms with E-state index in [0.717, 1.165) is 28.9 Å². The van der Waals surface area contributed by atoms with Crippen molar-refractivity contribution in [2.45, 2.75) is 32.2 Å². The number of quaternary nitrogens is 1. The normalized spacial score (nSPS) is 14.6. The summed E-state index contributed by atoms with van der Waals surface area (Å²) in [6, 6.07) is 6.27. The summed E-state index contributed by atoms with van der Waals surface area (Å²) in [5.41, 5.74) is 2.45. The number of nitrogens with one attached hydrogen (secondary N) is 2. The third-order valence-electron chi connectivity index (χ3n) is 4.45. The lowest BCUT2D eigenvalue weighted by molar-refractivity contribution is -0.885. The molecular weight excluding hydrogens is 367 g/mol. The molecule has 1 aliphatic rings. The molecule has 0 spiro atoms. The second-order valence-electron chi connectivity index (χ2n) is 6.88. The van der Waals surface area contributed by atoms with Crippen molar-refractivity contribution in [1.29, 1.82) is 0 Å². The van der Waals surface area contributed by atoms with E-state index in [0.29, 0.717) is 29.6 Å². The zero-order valence-corrected chi connectivity index (χ0v) is 16.3. The van der Waals surface area contributed by atoms with Crippen molar-refractivity contribution in [2.75, 3.05) is 25.5 Å². The Morgan fingerprint density at radius 2 is 2.00 bits per heavy atom. The molecule has 2 N–H and O–H groups in total. The first kappa shape index (κ1) is 19.5. The van der Waals surface area contributed by atoms with Crippen molar-refractivity contribution in [2.24, 2.45) is 0 Å². The highest BCUT2D eigenvalue weighted by Crippen LogP contribution is 2.46. The quantitative estimate of drug-likeness (QED) is 0.680. The van der Waals surface area contributed by atoms with Crippen LogP contribution in [0.1, 0.15) is 47.2 Å². The van der Waals surface area contributed by atoms with Gasteiger partial charge in [0.15, 0.2) is 6.54 Å². The summed E-state index contributed by atoms with van der Waals surface area (Å²) in [7, 11) is 1.90. The Labute approximate surface area is 162 Å². The van der Waals surface area contributed by atoms with Gasteiger partial charge in [0.25, 0.3) is 5.91 Å². The number of rotatable bonds is 8. The molecule has 1 saturated carbocycles. The van der Waals surface area contributed by atoms with Gasteiger partial charge < -0.3 is 15.0 Å². The molecule has 27 heavy (non-hydrogen) atoms. The van der Waals surface area contributed by atoms with Gasteiger partial charge in [-0.1, -0.05) is 12.1 Å². The maximum atomic E-state index is 13.0. The molecule has 0 radical (unpaired) electrons. The third-order valence-corrected chi connectivity index (χ3v) is 5.36. The van der Waals surface area contributed by atoms with Gasteiger partial charge in [-0.2, -0.15) is 0 Å². The minimum atomic E-state index is -0.372. The number of ether oxygens (including phenoxy) is 1. The van der Waals surface area contributed by atoms with Crippen LogP contribution in [-0.2, 0) is 16.1 Å². The Bertz CT molecular complexity index is 815. The van der Waals surface area contributed by atoms with Gasteiger partial charge in [-0.25, -0.2) is 9.18 Å². The third kappa shape index (κ3) is 5.14. The van der Waals surface area contributed by atoms with Crippen LogP contribution in [0.5, 0.6) is 0 Å². The number of carbonyl (C=O) groups excluding carboxylic acids is 2. The lowest BCUT2D eigenvalue weighted by Gasteiger charge is -2.14. The summed E-state index contributed by atoms with van der Waals surface area (Å²) in [4.78, 5) is 25.8. The molecule has 7 heteroatoms. The summed E-state index contributed by atoms with van der Waals surface area (Å²) < 4.78 is 18.2. The van der Waals surface area contributed by atoms with Crippen LogP contribution in [0.2, 0.25) is 0 Å². The van der Waals surface area contributed by atoms with E-state index in [4.69, 9.17) is 4.74 Å². The average molecular weight is 391 g/mol.